The number of hydrogen-bond acceptors (Lipinski definition) is 9. The van der Waals surface area contributed by atoms with Crippen LogP contribution < -0.4 is 20.5 Å². The number of imidazole rings is 1. The van der Waals surface area contributed by atoms with Gasteiger partial charge in [-0.1, -0.05) is 12.1 Å². The number of hydrogen-bond donors (Lipinski definition) is 1. The fraction of sp³-hybridized carbons (Fsp3) is 0.414. The lowest BCUT2D eigenvalue weighted by Gasteiger charge is -2.29. The van der Waals surface area contributed by atoms with Crippen molar-refractivity contribution in [2.45, 2.75) is 51.4 Å². The molecule has 3 aromatic heterocycles. The third-order valence-corrected chi connectivity index (χ3v) is 7.27. The quantitative estimate of drug-likeness (QED) is 0.186. The lowest BCUT2D eigenvalue weighted by molar-refractivity contribution is -0.139. The van der Waals surface area contributed by atoms with Gasteiger partial charge in [0, 0.05) is 37.9 Å². The van der Waals surface area contributed by atoms with Crippen LogP contribution in [-0.4, -0.2) is 62.2 Å². The van der Waals surface area contributed by atoms with Crippen molar-refractivity contribution in [3.8, 4) is 5.75 Å². The summed E-state index contributed by atoms with van der Waals surface area (Å²) in [4.78, 5) is 26.7. The first-order valence-corrected chi connectivity index (χ1v) is 14.2. The van der Waals surface area contributed by atoms with E-state index in [-0.39, 0.29) is 25.7 Å². The first-order valence-electron chi connectivity index (χ1n) is 14.2. The fourth-order valence-corrected chi connectivity index (χ4v) is 4.97. The molecule has 0 saturated carbocycles. The van der Waals surface area contributed by atoms with Gasteiger partial charge in [0.15, 0.2) is 0 Å². The number of halogens is 6. The van der Waals surface area contributed by atoms with Gasteiger partial charge in [0.25, 0.3) is 5.56 Å². The molecule has 1 aliphatic heterocycles. The third-order valence-electron chi connectivity index (χ3n) is 7.27. The Bertz CT molecular complexity index is 1690. The maximum absolute atomic E-state index is 14.0. The van der Waals surface area contributed by atoms with Gasteiger partial charge in [-0.2, -0.15) is 31.4 Å². The first-order chi connectivity index (χ1) is 21.8. The Morgan fingerprint density at radius 2 is 1.67 bits per heavy atom. The molecule has 1 N–H and O–H groups in total. The van der Waals surface area contributed by atoms with Gasteiger partial charge in [0.2, 0.25) is 5.95 Å². The molecule has 0 spiro atoms. The molecule has 4 heterocycles. The molecule has 0 aliphatic carbocycles. The van der Waals surface area contributed by atoms with E-state index < -0.39 is 40.8 Å². The Kier molecular flexibility index (Phi) is 9.50. The van der Waals surface area contributed by atoms with Crippen LogP contribution in [0.5, 0.6) is 5.75 Å². The molecule has 0 unspecified atom stereocenters. The molecular weight excluding hydrogens is 622 g/mol. The number of nitrogens with one attached hydrogen (secondary N) is 1. The average Bonchev–Trinajstić information content (AvgIpc) is 3.42. The minimum atomic E-state index is -4.92. The molecule has 0 saturated heterocycles. The van der Waals surface area contributed by atoms with Crippen molar-refractivity contribution in [3.05, 3.63) is 87.6 Å². The summed E-state index contributed by atoms with van der Waals surface area (Å²) in [6.45, 7) is 3.05. The van der Waals surface area contributed by atoms with Gasteiger partial charge in [-0.05, 0) is 24.6 Å². The molecule has 246 valence electrons. The molecule has 5 rings (SSSR count). The molecule has 11 nitrogen and oxygen atoms in total. The maximum Gasteiger partial charge on any atom is 0.423 e. The van der Waals surface area contributed by atoms with Gasteiger partial charge in [-0.25, -0.2) is 19.6 Å². The summed E-state index contributed by atoms with van der Waals surface area (Å²) in [5, 5.41) is 6.66. The van der Waals surface area contributed by atoms with Crippen LogP contribution in [0.1, 0.15) is 35.1 Å². The zero-order valence-corrected chi connectivity index (χ0v) is 24.8. The monoisotopic (exact) mass is 652 g/mol. The predicted octanol–water partition coefficient (Wildman–Crippen LogP) is 4.40. The Morgan fingerprint density at radius 1 is 0.957 bits per heavy atom. The standard InChI is InChI=1S/C29H30F6N8O3/c1-18(40-23-14-39-43(26(44)25(23)29(33,34)35)15-19-3-5-22(45-2)6-4-19)17-46-10-7-24-36-13-21-16-41(8-9-42(21)24)27-37-11-20(12-38-27)28(30,31)32/h3-6,11-14,18,40H,7-10,15-17H2,1-2H3/t18-/m0/s1. The van der Waals surface area contributed by atoms with Gasteiger partial charge < -0.3 is 24.3 Å². The van der Waals surface area contributed by atoms with Crippen molar-refractivity contribution in [2.24, 2.45) is 0 Å². The van der Waals surface area contributed by atoms with E-state index >= 15 is 0 Å². The van der Waals surface area contributed by atoms with E-state index in [9.17, 15) is 31.1 Å². The van der Waals surface area contributed by atoms with Crippen LogP contribution in [0.3, 0.4) is 0 Å². The normalized spacial score (nSPS) is 14.2. The van der Waals surface area contributed by atoms with Gasteiger partial charge in [0.05, 0.1) is 62.8 Å². The number of fused-ring (bicyclic) bond motifs is 1. The van der Waals surface area contributed by atoms with E-state index in [1.165, 1.54) is 7.11 Å². The SMILES string of the molecule is COc1ccc(Cn2ncc(N[C@@H](C)COCCc3ncc4n3CCN(c3ncc(C(F)(F)F)cn3)C4)c(C(F)(F)F)c2=O)cc1. The highest BCUT2D eigenvalue weighted by atomic mass is 19.4. The number of methoxy groups -OCH3 is 1. The molecule has 1 aliphatic rings. The predicted molar refractivity (Wildman–Crippen MR) is 154 cm³/mol. The van der Waals surface area contributed by atoms with Crippen molar-refractivity contribution >= 4 is 11.6 Å². The van der Waals surface area contributed by atoms with Crippen LogP contribution in [0.4, 0.5) is 38.0 Å². The Hall–Kier alpha value is -4.67. The highest BCUT2D eigenvalue weighted by Gasteiger charge is 2.38. The molecule has 0 bridgehead atoms. The first kappa shape index (κ1) is 32.7. The van der Waals surface area contributed by atoms with Gasteiger partial charge in [0.1, 0.15) is 17.1 Å². The zero-order valence-electron chi connectivity index (χ0n) is 24.8. The molecule has 46 heavy (non-hydrogen) atoms. The molecule has 17 heteroatoms. The van der Waals surface area contributed by atoms with Crippen molar-refractivity contribution in [3.63, 3.8) is 0 Å². The van der Waals surface area contributed by atoms with Gasteiger partial charge >= 0.3 is 12.4 Å². The molecule has 0 amide bonds. The largest absolute Gasteiger partial charge is 0.497 e. The summed E-state index contributed by atoms with van der Waals surface area (Å²) in [6, 6.07) is 5.96. The van der Waals surface area contributed by atoms with Gasteiger partial charge in [-0.3, -0.25) is 4.79 Å². The lowest BCUT2D eigenvalue weighted by Crippen LogP contribution is -2.35. The maximum atomic E-state index is 14.0. The van der Waals surface area contributed by atoms with Crippen molar-refractivity contribution < 1.29 is 35.8 Å². The van der Waals surface area contributed by atoms with Crippen molar-refractivity contribution in [1.29, 1.82) is 0 Å². The highest BCUT2D eigenvalue weighted by Crippen LogP contribution is 2.32. The Balaban J connectivity index is 1.14. The van der Waals surface area contributed by atoms with Crippen LogP contribution in [0.25, 0.3) is 0 Å². The van der Waals surface area contributed by atoms with Crippen molar-refractivity contribution in [1.82, 2.24) is 29.3 Å². The molecule has 0 radical (unpaired) electrons. The second-order valence-corrected chi connectivity index (χ2v) is 10.6. The smallest absolute Gasteiger partial charge is 0.423 e. The summed E-state index contributed by atoms with van der Waals surface area (Å²) < 4.78 is 93.9. The third kappa shape index (κ3) is 7.58. The number of anilines is 2. The van der Waals surface area contributed by atoms with E-state index in [0.29, 0.717) is 37.4 Å². The zero-order chi connectivity index (χ0) is 33.1. The molecule has 4 aromatic rings. The highest BCUT2D eigenvalue weighted by molar-refractivity contribution is 5.50. The number of rotatable bonds is 11. The van der Waals surface area contributed by atoms with E-state index in [1.54, 1.807) is 42.3 Å². The van der Waals surface area contributed by atoms with Crippen molar-refractivity contribution in [2.75, 3.05) is 37.1 Å². The molecular formula is C29H30F6N8O3. The second-order valence-electron chi connectivity index (χ2n) is 10.6. The number of nitrogens with zero attached hydrogens (tertiary/aromatic N) is 7. The number of benzene rings is 1. The second kappa shape index (κ2) is 13.4. The van der Waals surface area contributed by atoms with Crippen LogP contribution in [0.15, 0.2) is 53.8 Å². The van der Waals surface area contributed by atoms with Crippen LogP contribution in [-0.2, 0) is 43.1 Å². The molecule has 1 aromatic carbocycles. The number of aromatic nitrogens is 6. The topological polar surface area (TPSA) is 112 Å². The number of alkyl halides is 6. The average molecular weight is 653 g/mol. The Morgan fingerprint density at radius 3 is 2.33 bits per heavy atom. The summed E-state index contributed by atoms with van der Waals surface area (Å²) in [7, 11) is 1.49. The van der Waals surface area contributed by atoms with Gasteiger partial charge in [-0.15, -0.1) is 0 Å². The van der Waals surface area contributed by atoms with Crippen LogP contribution >= 0.6 is 0 Å². The van der Waals surface area contributed by atoms with Crippen LogP contribution in [0, 0.1) is 0 Å². The summed E-state index contributed by atoms with van der Waals surface area (Å²) in [5.41, 5.74) is -2.57. The summed E-state index contributed by atoms with van der Waals surface area (Å²) in [5.74, 6) is 1.49. The Labute approximate surface area is 258 Å². The lowest BCUT2D eigenvalue weighted by atomic mass is 10.2. The van der Waals surface area contributed by atoms with E-state index in [4.69, 9.17) is 9.47 Å². The summed E-state index contributed by atoms with van der Waals surface area (Å²) >= 11 is 0. The molecule has 0 fully saturated rings. The number of ether oxygens (including phenoxy) is 2. The fourth-order valence-electron chi connectivity index (χ4n) is 4.97. The van der Waals surface area contributed by atoms with Crippen LogP contribution in [0.2, 0.25) is 0 Å². The van der Waals surface area contributed by atoms with E-state index in [1.807, 2.05) is 4.57 Å². The van der Waals surface area contributed by atoms with E-state index in [0.717, 1.165) is 34.8 Å². The summed E-state index contributed by atoms with van der Waals surface area (Å²) in [6.07, 6.45) is -4.86. The van der Waals surface area contributed by atoms with E-state index in [2.05, 4.69) is 25.4 Å². The molecule has 1 atom stereocenters. The minimum Gasteiger partial charge on any atom is -0.497 e. The minimum absolute atomic E-state index is 0.0405.